The van der Waals surface area contributed by atoms with Gasteiger partial charge in [-0.2, -0.15) is 4.68 Å². The van der Waals surface area contributed by atoms with Crippen molar-refractivity contribution in [3.8, 4) is 16.9 Å². The first-order valence-electron chi connectivity index (χ1n) is 6.71. The minimum Gasteiger partial charge on any atom is -0.382 e. The van der Waals surface area contributed by atoms with Crippen LogP contribution in [0.1, 0.15) is 0 Å². The number of nitrogens with zero attached hydrogens (tertiary/aromatic N) is 4. The number of anilines is 2. The summed E-state index contributed by atoms with van der Waals surface area (Å²) < 4.78 is 1.65. The van der Waals surface area contributed by atoms with E-state index in [-0.39, 0.29) is 0 Å². The van der Waals surface area contributed by atoms with Crippen molar-refractivity contribution in [1.82, 2.24) is 15.0 Å². The van der Waals surface area contributed by atoms with Crippen LogP contribution >= 0.6 is 0 Å². The fourth-order valence-electron chi connectivity index (χ4n) is 2.17. The Balaban J connectivity index is 1.99. The van der Waals surface area contributed by atoms with Crippen molar-refractivity contribution in [2.45, 2.75) is 0 Å². The topological polar surface area (TPSA) is 60.0 Å². The maximum Gasteiger partial charge on any atom is 0.155 e. The molecule has 2 aromatic carbocycles. The van der Waals surface area contributed by atoms with Crippen molar-refractivity contribution in [1.29, 1.82) is 0 Å². The molecule has 0 saturated carbocycles. The maximum atomic E-state index is 6.19. The molecule has 0 radical (unpaired) electrons. The molecule has 0 bridgehead atoms. The molecule has 0 spiro atoms. The Hall–Kier alpha value is -2.82. The lowest BCUT2D eigenvalue weighted by Gasteiger charge is -2.12. The summed E-state index contributed by atoms with van der Waals surface area (Å²) in [7, 11) is 4.01. The second kappa shape index (κ2) is 5.28. The third-order valence-corrected chi connectivity index (χ3v) is 3.36. The van der Waals surface area contributed by atoms with Crippen LogP contribution in [0.25, 0.3) is 16.9 Å². The molecule has 5 heteroatoms. The van der Waals surface area contributed by atoms with Crippen LogP contribution in [-0.4, -0.2) is 29.1 Å². The fraction of sp³-hybridized carbons (Fsp3) is 0.125. The van der Waals surface area contributed by atoms with Crippen LogP contribution in [0.5, 0.6) is 0 Å². The molecule has 0 aliphatic carbocycles. The SMILES string of the molecule is CN(C)c1ccc(-n2nnc(-c3ccccc3)c2N)cc1. The quantitative estimate of drug-likeness (QED) is 0.800. The van der Waals surface area contributed by atoms with E-state index < -0.39 is 0 Å². The molecule has 106 valence electrons. The van der Waals surface area contributed by atoms with Crippen molar-refractivity contribution in [2.75, 3.05) is 24.7 Å². The predicted molar refractivity (Wildman–Crippen MR) is 85.5 cm³/mol. The summed E-state index contributed by atoms with van der Waals surface area (Å²) in [6.45, 7) is 0. The first kappa shape index (κ1) is 13.2. The third-order valence-electron chi connectivity index (χ3n) is 3.36. The van der Waals surface area contributed by atoms with Gasteiger partial charge < -0.3 is 10.6 Å². The molecule has 0 atom stereocenters. The van der Waals surface area contributed by atoms with E-state index in [1.165, 1.54) is 0 Å². The smallest absolute Gasteiger partial charge is 0.155 e. The van der Waals surface area contributed by atoms with Gasteiger partial charge in [-0.15, -0.1) is 5.10 Å². The first-order valence-corrected chi connectivity index (χ1v) is 6.71. The Bertz CT molecular complexity index is 729. The van der Waals surface area contributed by atoms with Crippen molar-refractivity contribution in [3.05, 3.63) is 54.6 Å². The molecule has 1 aromatic heterocycles. The van der Waals surface area contributed by atoms with E-state index in [9.17, 15) is 0 Å². The van der Waals surface area contributed by atoms with Crippen LogP contribution < -0.4 is 10.6 Å². The third kappa shape index (κ3) is 2.45. The number of rotatable bonds is 3. The average molecular weight is 279 g/mol. The molecule has 21 heavy (non-hydrogen) atoms. The van der Waals surface area contributed by atoms with Gasteiger partial charge in [0.25, 0.3) is 0 Å². The van der Waals surface area contributed by atoms with Crippen molar-refractivity contribution in [3.63, 3.8) is 0 Å². The van der Waals surface area contributed by atoms with Gasteiger partial charge >= 0.3 is 0 Å². The van der Waals surface area contributed by atoms with Crippen molar-refractivity contribution < 1.29 is 0 Å². The van der Waals surface area contributed by atoms with E-state index in [4.69, 9.17) is 5.73 Å². The maximum absolute atomic E-state index is 6.19. The summed E-state index contributed by atoms with van der Waals surface area (Å²) in [5.74, 6) is 0.541. The van der Waals surface area contributed by atoms with Gasteiger partial charge in [0.2, 0.25) is 0 Å². The van der Waals surface area contributed by atoms with Crippen LogP contribution in [0, 0.1) is 0 Å². The van der Waals surface area contributed by atoms with Crippen LogP contribution in [0.4, 0.5) is 11.5 Å². The summed E-state index contributed by atoms with van der Waals surface area (Å²) in [5, 5.41) is 8.36. The lowest BCUT2D eigenvalue weighted by molar-refractivity contribution is 0.810. The standard InChI is InChI=1S/C16H17N5/c1-20(2)13-8-10-14(11-9-13)21-16(17)15(18-19-21)12-6-4-3-5-7-12/h3-11H,17H2,1-2H3. The second-order valence-corrected chi connectivity index (χ2v) is 5.01. The molecule has 0 aliphatic rings. The lowest BCUT2D eigenvalue weighted by atomic mass is 10.1. The van der Waals surface area contributed by atoms with Gasteiger partial charge in [-0.3, -0.25) is 0 Å². The van der Waals surface area contributed by atoms with Crippen LogP contribution in [0.15, 0.2) is 54.6 Å². The normalized spacial score (nSPS) is 10.6. The largest absolute Gasteiger partial charge is 0.382 e. The predicted octanol–water partition coefficient (Wildman–Crippen LogP) is 2.58. The number of benzene rings is 2. The van der Waals surface area contributed by atoms with Crippen LogP contribution in [0.3, 0.4) is 0 Å². The lowest BCUT2D eigenvalue weighted by Crippen LogP contribution is -2.09. The van der Waals surface area contributed by atoms with Gasteiger partial charge in [-0.05, 0) is 24.3 Å². The van der Waals surface area contributed by atoms with Crippen molar-refractivity contribution in [2.24, 2.45) is 0 Å². The van der Waals surface area contributed by atoms with Crippen LogP contribution in [0.2, 0.25) is 0 Å². The summed E-state index contributed by atoms with van der Waals surface area (Å²) >= 11 is 0. The monoisotopic (exact) mass is 279 g/mol. The minimum absolute atomic E-state index is 0.541. The number of aromatic nitrogens is 3. The molecule has 2 N–H and O–H groups in total. The Morgan fingerprint density at radius 1 is 0.952 bits per heavy atom. The molecule has 1 heterocycles. The zero-order valence-corrected chi connectivity index (χ0v) is 12.1. The molecule has 5 nitrogen and oxygen atoms in total. The van der Waals surface area contributed by atoms with E-state index in [2.05, 4.69) is 10.3 Å². The summed E-state index contributed by atoms with van der Waals surface area (Å²) in [6, 6.07) is 17.8. The highest BCUT2D eigenvalue weighted by Crippen LogP contribution is 2.25. The zero-order chi connectivity index (χ0) is 14.8. The molecule has 0 saturated heterocycles. The molecular formula is C16H17N5. The average Bonchev–Trinajstić information content (AvgIpc) is 2.90. The van der Waals surface area contributed by atoms with Gasteiger partial charge in [-0.25, -0.2) is 0 Å². The van der Waals surface area contributed by atoms with Gasteiger partial charge in [0.05, 0.1) is 5.69 Å². The molecule has 0 amide bonds. The summed E-state index contributed by atoms with van der Waals surface area (Å²) in [6.07, 6.45) is 0. The molecule has 0 fully saturated rings. The summed E-state index contributed by atoms with van der Waals surface area (Å²) in [5.41, 5.74) is 9.88. The van der Waals surface area contributed by atoms with E-state index in [1.54, 1.807) is 4.68 Å². The molecule has 3 rings (SSSR count). The summed E-state index contributed by atoms with van der Waals surface area (Å²) in [4.78, 5) is 2.05. The van der Waals surface area contributed by atoms with E-state index in [0.717, 1.165) is 16.9 Å². The second-order valence-electron chi connectivity index (χ2n) is 5.01. The van der Waals surface area contributed by atoms with Gasteiger partial charge in [0, 0.05) is 25.3 Å². The molecule has 0 aliphatic heterocycles. The van der Waals surface area contributed by atoms with Gasteiger partial charge in [0.1, 0.15) is 5.69 Å². The molecule has 0 unspecified atom stereocenters. The number of hydrogen-bond acceptors (Lipinski definition) is 4. The Labute approximate surface area is 123 Å². The molecule has 3 aromatic rings. The van der Waals surface area contributed by atoms with E-state index in [0.29, 0.717) is 11.5 Å². The minimum atomic E-state index is 0.541. The number of nitrogens with two attached hydrogens (primary N) is 1. The van der Waals surface area contributed by atoms with E-state index in [1.807, 2.05) is 73.6 Å². The first-order chi connectivity index (χ1) is 10.2. The van der Waals surface area contributed by atoms with E-state index >= 15 is 0 Å². The van der Waals surface area contributed by atoms with Crippen molar-refractivity contribution >= 4 is 11.5 Å². The Morgan fingerprint density at radius 3 is 2.24 bits per heavy atom. The molecular weight excluding hydrogens is 262 g/mol. The highest BCUT2D eigenvalue weighted by atomic mass is 15.5. The Kier molecular flexibility index (Phi) is 3.31. The fourth-order valence-corrected chi connectivity index (χ4v) is 2.17. The van der Waals surface area contributed by atoms with Gasteiger partial charge in [0.15, 0.2) is 5.82 Å². The van der Waals surface area contributed by atoms with Crippen LogP contribution in [-0.2, 0) is 0 Å². The highest BCUT2D eigenvalue weighted by molar-refractivity contribution is 5.70. The number of hydrogen-bond donors (Lipinski definition) is 1. The number of nitrogen functional groups attached to an aromatic ring is 1. The zero-order valence-electron chi connectivity index (χ0n) is 12.1. The Morgan fingerprint density at radius 2 is 1.62 bits per heavy atom. The highest BCUT2D eigenvalue weighted by Gasteiger charge is 2.12. The van der Waals surface area contributed by atoms with Gasteiger partial charge in [-0.1, -0.05) is 35.5 Å².